The molecule has 1 heterocycles. The second-order valence-electron chi connectivity index (χ2n) is 3.17. The maximum absolute atomic E-state index is 8.86. The van der Waals surface area contributed by atoms with Gasteiger partial charge in [-0.15, -0.1) is 0 Å². The van der Waals surface area contributed by atoms with Crippen LogP contribution in [0.4, 0.5) is 0 Å². The summed E-state index contributed by atoms with van der Waals surface area (Å²) >= 11 is 0. The summed E-state index contributed by atoms with van der Waals surface area (Å²) in [5, 5.41) is 8.86. The number of nitrogens with zero attached hydrogens (tertiary/aromatic N) is 1. The van der Waals surface area contributed by atoms with E-state index >= 15 is 0 Å². The summed E-state index contributed by atoms with van der Waals surface area (Å²) in [6.45, 7) is -0.191. The molecular weight excluding hydrogens is 196 g/mol. The molecule has 5 nitrogen and oxygen atoms in total. The first kappa shape index (κ1) is 9.95. The molecule has 1 aromatic carbocycles. The fourth-order valence-corrected chi connectivity index (χ4v) is 1.29. The third kappa shape index (κ3) is 1.79. The van der Waals surface area contributed by atoms with Crippen molar-refractivity contribution in [3.63, 3.8) is 0 Å². The molecule has 0 saturated carbocycles. The molecule has 15 heavy (non-hydrogen) atoms. The number of nitrogens with two attached hydrogens (primary N) is 1. The highest BCUT2D eigenvalue weighted by atomic mass is 16.5. The number of aromatic nitrogens is 1. The number of hydrogen-bond acceptors (Lipinski definition) is 5. The lowest BCUT2D eigenvalue weighted by atomic mass is 10.3. The first-order valence-corrected chi connectivity index (χ1v) is 4.55. The van der Waals surface area contributed by atoms with E-state index in [1.165, 1.54) is 0 Å². The Morgan fingerprint density at radius 1 is 1.60 bits per heavy atom. The number of rotatable bonds is 3. The Morgan fingerprint density at radius 2 is 2.40 bits per heavy atom. The highest BCUT2D eigenvalue weighted by Crippen LogP contribution is 2.23. The number of fused-ring (bicyclic) bond motifs is 1. The molecule has 1 atom stereocenters. The van der Waals surface area contributed by atoms with Crippen molar-refractivity contribution < 1.29 is 14.3 Å². The van der Waals surface area contributed by atoms with Gasteiger partial charge in [-0.05, 0) is 12.1 Å². The van der Waals surface area contributed by atoms with Gasteiger partial charge in [-0.1, -0.05) is 0 Å². The largest absolute Gasteiger partial charge is 0.497 e. The number of aliphatic hydroxyl groups is 1. The van der Waals surface area contributed by atoms with E-state index in [2.05, 4.69) is 4.98 Å². The molecule has 0 saturated heterocycles. The SMILES string of the molecule is COc1ccc2nc(C(N)CO)oc2c1. The van der Waals surface area contributed by atoms with Gasteiger partial charge in [0.05, 0.1) is 13.7 Å². The van der Waals surface area contributed by atoms with Crippen LogP contribution in [0, 0.1) is 0 Å². The van der Waals surface area contributed by atoms with Gasteiger partial charge < -0.3 is 20.0 Å². The Bertz CT molecular complexity index is 467. The molecule has 2 aromatic rings. The summed E-state index contributed by atoms with van der Waals surface area (Å²) in [6, 6.07) is 4.73. The van der Waals surface area contributed by atoms with Gasteiger partial charge in [-0.2, -0.15) is 0 Å². The molecule has 80 valence electrons. The van der Waals surface area contributed by atoms with Crippen LogP contribution in [0.1, 0.15) is 11.9 Å². The van der Waals surface area contributed by atoms with E-state index in [9.17, 15) is 0 Å². The molecule has 0 spiro atoms. The molecular formula is C10H12N2O3. The fraction of sp³-hybridized carbons (Fsp3) is 0.300. The van der Waals surface area contributed by atoms with Crippen LogP contribution in [0.5, 0.6) is 5.75 Å². The van der Waals surface area contributed by atoms with Gasteiger partial charge in [0, 0.05) is 6.07 Å². The third-order valence-corrected chi connectivity index (χ3v) is 2.13. The van der Waals surface area contributed by atoms with Gasteiger partial charge in [0.2, 0.25) is 5.89 Å². The zero-order valence-electron chi connectivity index (χ0n) is 8.30. The standard InChI is InChI=1S/C10H12N2O3/c1-14-6-2-3-8-9(4-6)15-10(12-8)7(11)5-13/h2-4,7,13H,5,11H2,1H3. The number of benzene rings is 1. The lowest BCUT2D eigenvalue weighted by Crippen LogP contribution is -2.14. The maximum Gasteiger partial charge on any atom is 0.214 e. The van der Waals surface area contributed by atoms with Crippen molar-refractivity contribution in [1.29, 1.82) is 0 Å². The van der Waals surface area contributed by atoms with Gasteiger partial charge in [-0.25, -0.2) is 4.98 Å². The molecule has 0 fully saturated rings. The van der Waals surface area contributed by atoms with Gasteiger partial charge >= 0.3 is 0 Å². The number of aliphatic hydroxyl groups excluding tert-OH is 1. The zero-order valence-corrected chi connectivity index (χ0v) is 8.30. The van der Waals surface area contributed by atoms with Crippen molar-refractivity contribution in [2.24, 2.45) is 5.73 Å². The minimum Gasteiger partial charge on any atom is -0.497 e. The van der Waals surface area contributed by atoms with E-state index in [0.29, 0.717) is 22.7 Å². The molecule has 5 heteroatoms. The fourth-order valence-electron chi connectivity index (χ4n) is 1.29. The van der Waals surface area contributed by atoms with E-state index in [0.717, 1.165) is 0 Å². The molecule has 1 aromatic heterocycles. The minimum atomic E-state index is -0.580. The van der Waals surface area contributed by atoms with Crippen LogP contribution in [-0.4, -0.2) is 23.8 Å². The van der Waals surface area contributed by atoms with Gasteiger partial charge in [0.15, 0.2) is 5.58 Å². The van der Waals surface area contributed by atoms with Crippen LogP contribution >= 0.6 is 0 Å². The lowest BCUT2D eigenvalue weighted by molar-refractivity contribution is 0.250. The first-order valence-electron chi connectivity index (χ1n) is 4.55. The molecule has 0 radical (unpaired) electrons. The average molecular weight is 208 g/mol. The Balaban J connectivity index is 2.46. The van der Waals surface area contributed by atoms with E-state index in [1.54, 1.807) is 25.3 Å². The summed E-state index contributed by atoms with van der Waals surface area (Å²) in [7, 11) is 1.58. The van der Waals surface area contributed by atoms with Crippen LogP contribution in [0.2, 0.25) is 0 Å². The Kier molecular flexibility index (Phi) is 2.57. The van der Waals surface area contributed by atoms with Gasteiger partial charge in [0.25, 0.3) is 0 Å². The summed E-state index contributed by atoms with van der Waals surface area (Å²) in [4.78, 5) is 4.15. The molecule has 3 N–H and O–H groups in total. The lowest BCUT2D eigenvalue weighted by Gasteiger charge is -1.99. The van der Waals surface area contributed by atoms with Crippen molar-refractivity contribution >= 4 is 11.1 Å². The predicted octanol–water partition coefficient (Wildman–Crippen LogP) is 0.828. The number of ether oxygens (including phenoxy) is 1. The monoisotopic (exact) mass is 208 g/mol. The van der Waals surface area contributed by atoms with Crippen LogP contribution < -0.4 is 10.5 Å². The average Bonchev–Trinajstić information content (AvgIpc) is 2.70. The van der Waals surface area contributed by atoms with E-state index in [1.807, 2.05) is 0 Å². The van der Waals surface area contributed by atoms with E-state index in [-0.39, 0.29) is 6.61 Å². The van der Waals surface area contributed by atoms with Crippen LogP contribution in [-0.2, 0) is 0 Å². The van der Waals surface area contributed by atoms with Crippen molar-refractivity contribution in [2.45, 2.75) is 6.04 Å². The molecule has 0 aliphatic carbocycles. The second kappa shape index (κ2) is 3.88. The Morgan fingerprint density at radius 3 is 3.07 bits per heavy atom. The zero-order chi connectivity index (χ0) is 10.8. The second-order valence-corrected chi connectivity index (χ2v) is 3.17. The third-order valence-electron chi connectivity index (χ3n) is 2.13. The number of oxazole rings is 1. The van der Waals surface area contributed by atoms with Gasteiger partial charge in [0.1, 0.15) is 17.3 Å². The van der Waals surface area contributed by atoms with E-state index in [4.69, 9.17) is 20.0 Å². The molecule has 2 rings (SSSR count). The Labute approximate surface area is 86.5 Å². The van der Waals surface area contributed by atoms with Gasteiger partial charge in [-0.3, -0.25) is 0 Å². The van der Waals surface area contributed by atoms with Crippen molar-refractivity contribution in [2.75, 3.05) is 13.7 Å². The molecule has 1 unspecified atom stereocenters. The Hall–Kier alpha value is -1.59. The summed E-state index contributed by atoms with van der Waals surface area (Å²) in [6.07, 6.45) is 0. The van der Waals surface area contributed by atoms with Crippen LogP contribution in [0.25, 0.3) is 11.1 Å². The van der Waals surface area contributed by atoms with Crippen molar-refractivity contribution in [3.05, 3.63) is 24.1 Å². The van der Waals surface area contributed by atoms with Crippen molar-refractivity contribution in [1.82, 2.24) is 4.98 Å². The number of hydrogen-bond donors (Lipinski definition) is 2. The summed E-state index contributed by atoms with van der Waals surface area (Å²) in [5.74, 6) is 1.03. The summed E-state index contributed by atoms with van der Waals surface area (Å²) < 4.78 is 10.4. The summed E-state index contributed by atoms with van der Waals surface area (Å²) in [5.41, 5.74) is 6.90. The molecule has 0 bridgehead atoms. The highest BCUT2D eigenvalue weighted by molar-refractivity contribution is 5.74. The highest BCUT2D eigenvalue weighted by Gasteiger charge is 2.13. The maximum atomic E-state index is 8.86. The quantitative estimate of drug-likeness (QED) is 0.780. The van der Waals surface area contributed by atoms with E-state index < -0.39 is 6.04 Å². The smallest absolute Gasteiger partial charge is 0.214 e. The minimum absolute atomic E-state index is 0.191. The van der Waals surface area contributed by atoms with Crippen LogP contribution in [0.15, 0.2) is 22.6 Å². The molecule has 0 aliphatic heterocycles. The number of methoxy groups -OCH3 is 1. The predicted molar refractivity (Wildman–Crippen MR) is 54.6 cm³/mol. The first-order chi connectivity index (χ1) is 7.24. The topological polar surface area (TPSA) is 81.5 Å². The normalized spacial score (nSPS) is 13.0. The van der Waals surface area contributed by atoms with Crippen molar-refractivity contribution in [3.8, 4) is 5.75 Å². The molecule has 0 aliphatic rings. The van der Waals surface area contributed by atoms with Crippen LogP contribution in [0.3, 0.4) is 0 Å². The molecule has 0 amide bonds.